The highest BCUT2D eigenvalue weighted by atomic mass is 19.1. The number of hydrogen-bond acceptors (Lipinski definition) is 7. The van der Waals surface area contributed by atoms with E-state index < -0.39 is 18.1 Å². The van der Waals surface area contributed by atoms with E-state index in [1.54, 1.807) is 11.1 Å². The number of nitrogens with two attached hydrogens (primary N) is 1. The van der Waals surface area contributed by atoms with Gasteiger partial charge in [0, 0.05) is 12.7 Å². The van der Waals surface area contributed by atoms with Gasteiger partial charge in [0.1, 0.15) is 23.5 Å². The summed E-state index contributed by atoms with van der Waals surface area (Å²) in [6.07, 6.45) is 5.25. The van der Waals surface area contributed by atoms with Gasteiger partial charge in [-0.25, -0.2) is 24.3 Å². The summed E-state index contributed by atoms with van der Waals surface area (Å²) in [6, 6.07) is -0.536. The van der Waals surface area contributed by atoms with E-state index in [1.807, 2.05) is 24.4 Å². The monoisotopic (exact) mass is 370 g/mol. The average Bonchev–Trinajstić information content (AvgIpc) is 3.17. The van der Waals surface area contributed by atoms with E-state index in [0.717, 1.165) is 11.3 Å². The van der Waals surface area contributed by atoms with Crippen LogP contribution in [0.5, 0.6) is 0 Å². The first-order valence-corrected chi connectivity index (χ1v) is 8.51. The number of carbonyl (C=O) groups is 1. The molecule has 1 aliphatic rings. The van der Waals surface area contributed by atoms with Crippen molar-refractivity contribution in [2.24, 2.45) is 5.73 Å². The van der Waals surface area contributed by atoms with Gasteiger partial charge in [-0.1, -0.05) is 0 Å². The predicted molar refractivity (Wildman–Crippen MR) is 97.5 cm³/mol. The molecular formula is C17H19FN8O. The van der Waals surface area contributed by atoms with Crippen molar-refractivity contribution in [2.75, 3.05) is 23.3 Å². The molecule has 3 N–H and O–H groups in total. The van der Waals surface area contributed by atoms with Crippen LogP contribution in [-0.2, 0) is 0 Å². The molecule has 1 aliphatic heterocycles. The Bertz CT molecular complexity index is 992. The summed E-state index contributed by atoms with van der Waals surface area (Å²) in [7, 11) is 0. The number of aromatic nitrogens is 5. The number of carbonyl (C=O) groups excluding carboxylic acids is 1. The van der Waals surface area contributed by atoms with Crippen molar-refractivity contribution < 1.29 is 9.18 Å². The fourth-order valence-corrected chi connectivity index (χ4v) is 3.09. The molecule has 0 saturated carbocycles. The largest absolute Gasteiger partial charge is 0.351 e. The third-order valence-electron chi connectivity index (χ3n) is 4.45. The van der Waals surface area contributed by atoms with Crippen molar-refractivity contribution in [3.05, 3.63) is 41.9 Å². The maximum atomic E-state index is 13.6. The van der Waals surface area contributed by atoms with Crippen molar-refractivity contribution in [1.82, 2.24) is 24.3 Å². The number of anilines is 2. The van der Waals surface area contributed by atoms with E-state index in [2.05, 4.69) is 25.3 Å². The van der Waals surface area contributed by atoms with Gasteiger partial charge < -0.3 is 20.4 Å². The van der Waals surface area contributed by atoms with E-state index in [4.69, 9.17) is 5.73 Å². The first-order chi connectivity index (χ1) is 12.9. The van der Waals surface area contributed by atoms with E-state index >= 15 is 0 Å². The molecule has 0 aliphatic carbocycles. The normalized spacial score (nSPS) is 19.6. The molecule has 1 fully saturated rings. The van der Waals surface area contributed by atoms with Crippen LogP contribution < -0.4 is 16.0 Å². The maximum Gasteiger partial charge on any atom is 0.277 e. The van der Waals surface area contributed by atoms with Crippen LogP contribution in [0.4, 0.5) is 16.0 Å². The number of alkyl halides is 1. The fraction of sp³-hybridized carbons (Fsp3) is 0.353. The molecule has 3 aromatic rings. The number of rotatable bonds is 3. The molecule has 10 heteroatoms. The summed E-state index contributed by atoms with van der Waals surface area (Å²) in [5.74, 6) is 0.448. The maximum absolute atomic E-state index is 13.6. The smallest absolute Gasteiger partial charge is 0.277 e. The summed E-state index contributed by atoms with van der Waals surface area (Å²) in [5.41, 5.74) is 8.13. The van der Waals surface area contributed by atoms with Crippen molar-refractivity contribution in [2.45, 2.75) is 26.1 Å². The van der Waals surface area contributed by atoms with Gasteiger partial charge in [-0.3, -0.25) is 4.79 Å². The van der Waals surface area contributed by atoms with Crippen LogP contribution in [-0.4, -0.2) is 55.5 Å². The lowest BCUT2D eigenvalue weighted by Gasteiger charge is -2.15. The second-order valence-electron chi connectivity index (χ2n) is 6.62. The Balaban J connectivity index is 1.50. The van der Waals surface area contributed by atoms with Gasteiger partial charge in [0.2, 0.25) is 0 Å². The lowest BCUT2D eigenvalue weighted by atomic mass is 10.3. The summed E-state index contributed by atoms with van der Waals surface area (Å²) < 4.78 is 15.4. The van der Waals surface area contributed by atoms with Gasteiger partial charge in [0.05, 0.1) is 42.6 Å². The van der Waals surface area contributed by atoms with E-state index in [1.165, 1.54) is 12.4 Å². The third-order valence-corrected chi connectivity index (χ3v) is 4.45. The SMILES string of the molecule is Cc1cn2cc(NC(=O)c3cnc(N4CC(N)C(F)C4)cn3)nc(C)c2n1. The lowest BCUT2D eigenvalue weighted by Crippen LogP contribution is -2.30. The van der Waals surface area contributed by atoms with Crippen molar-refractivity contribution in [3.63, 3.8) is 0 Å². The zero-order valence-electron chi connectivity index (χ0n) is 14.9. The summed E-state index contributed by atoms with van der Waals surface area (Å²) in [5, 5.41) is 2.71. The molecule has 2 atom stereocenters. The van der Waals surface area contributed by atoms with Crippen LogP contribution in [0.1, 0.15) is 21.9 Å². The molecule has 4 rings (SSSR count). The van der Waals surface area contributed by atoms with Crippen LogP contribution >= 0.6 is 0 Å². The first kappa shape index (κ1) is 17.3. The van der Waals surface area contributed by atoms with Crippen molar-refractivity contribution in [1.29, 1.82) is 0 Å². The zero-order chi connectivity index (χ0) is 19.1. The van der Waals surface area contributed by atoms with Gasteiger partial charge in [0.15, 0.2) is 5.65 Å². The van der Waals surface area contributed by atoms with Crippen LogP contribution in [0.3, 0.4) is 0 Å². The van der Waals surface area contributed by atoms with Gasteiger partial charge in [-0.15, -0.1) is 0 Å². The van der Waals surface area contributed by atoms with E-state index in [0.29, 0.717) is 23.9 Å². The molecular weight excluding hydrogens is 351 g/mol. The standard InChI is InChI=1S/C17H19FN8O/c1-9-5-26-8-14(23-10(2)16(26)22-9)24-17(27)13-3-21-15(4-20-13)25-6-11(18)12(19)7-25/h3-5,8,11-12H,6-7,19H2,1-2H3,(H,24,27). The van der Waals surface area contributed by atoms with Crippen LogP contribution in [0.15, 0.2) is 24.8 Å². The number of fused-ring (bicyclic) bond motifs is 1. The summed E-state index contributed by atoms with van der Waals surface area (Å²) in [6.45, 7) is 4.26. The number of nitrogens with one attached hydrogen (secondary N) is 1. The molecule has 1 amide bonds. The molecule has 0 bridgehead atoms. The summed E-state index contributed by atoms with van der Waals surface area (Å²) >= 11 is 0. The molecule has 3 aromatic heterocycles. The van der Waals surface area contributed by atoms with E-state index in [-0.39, 0.29) is 12.2 Å². The number of nitrogens with zero attached hydrogens (tertiary/aromatic N) is 6. The molecule has 140 valence electrons. The van der Waals surface area contributed by atoms with Crippen molar-refractivity contribution >= 4 is 23.2 Å². The predicted octanol–water partition coefficient (Wildman–Crippen LogP) is 0.874. The van der Waals surface area contributed by atoms with Crippen LogP contribution in [0.25, 0.3) is 5.65 Å². The van der Waals surface area contributed by atoms with Crippen molar-refractivity contribution in [3.8, 4) is 0 Å². The highest BCUT2D eigenvalue weighted by molar-refractivity contribution is 6.02. The molecule has 0 aromatic carbocycles. The molecule has 1 saturated heterocycles. The number of hydrogen-bond donors (Lipinski definition) is 2. The summed E-state index contributed by atoms with van der Waals surface area (Å²) in [4.78, 5) is 31.2. The Morgan fingerprint density at radius 1 is 1.22 bits per heavy atom. The minimum absolute atomic E-state index is 0.139. The molecule has 0 spiro atoms. The number of aryl methyl sites for hydroxylation is 2. The lowest BCUT2D eigenvalue weighted by molar-refractivity contribution is 0.102. The number of imidazole rings is 1. The van der Waals surface area contributed by atoms with E-state index in [9.17, 15) is 9.18 Å². The molecule has 2 unspecified atom stereocenters. The van der Waals surface area contributed by atoms with Crippen LogP contribution in [0.2, 0.25) is 0 Å². The number of halogens is 1. The second-order valence-corrected chi connectivity index (χ2v) is 6.62. The minimum Gasteiger partial charge on any atom is -0.351 e. The Hall–Kier alpha value is -3.14. The highest BCUT2D eigenvalue weighted by Gasteiger charge is 2.30. The molecule has 4 heterocycles. The van der Waals surface area contributed by atoms with Gasteiger partial charge in [0.25, 0.3) is 5.91 Å². The molecule has 27 heavy (non-hydrogen) atoms. The second kappa shape index (κ2) is 6.54. The Labute approximate surface area is 154 Å². The van der Waals surface area contributed by atoms with Crippen LogP contribution in [0, 0.1) is 13.8 Å². The average molecular weight is 370 g/mol. The molecule has 9 nitrogen and oxygen atoms in total. The van der Waals surface area contributed by atoms with Gasteiger partial charge in [-0.05, 0) is 13.8 Å². The Kier molecular flexibility index (Phi) is 4.19. The Morgan fingerprint density at radius 2 is 2.04 bits per heavy atom. The third kappa shape index (κ3) is 3.31. The molecule has 0 radical (unpaired) electrons. The van der Waals surface area contributed by atoms with Gasteiger partial charge >= 0.3 is 0 Å². The topological polar surface area (TPSA) is 114 Å². The number of amides is 1. The fourth-order valence-electron chi connectivity index (χ4n) is 3.09. The first-order valence-electron chi connectivity index (χ1n) is 8.51. The minimum atomic E-state index is -1.09. The quantitative estimate of drug-likeness (QED) is 0.703. The highest BCUT2D eigenvalue weighted by Crippen LogP contribution is 2.19. The zero-order valence-corrected chi connectivity index (χ0v) is 14.9. The Morgan fingerprint density at radius 3 is 2.70 bits per heavy atom. The van der Waals surface area contributed by atoms with Gasteiger partial charge in [-0.2, -0.15) is 0 Å².